The van der Waals surface area contributed by atoms with Crippen molar-refractivity contribution in [1.29, 1.82) is 0 Å². The second-order valence-corrected chi connectivity index (χ2v) is 4.98. The van der Waals surface area contributed by atoms with Crippen LogP contribution in [-0.2, 0) is 0 Å². The van der Waals surface area contributed by atoms with Crippen LogP contribution in [0.2, 0.25) is 0 Å². The predicted octanol–water partition coefficient (Wildman–Crippen LogP) is 4.35. The molecule has 0 atom stereocenters. The molecule has 0 unspecified atom stereocenters. The number of anilines is 1. The lowest BCUT2D eigenvalue weighted by Crippen LogP contribution is -1.99. The van der Waals surface area contributed by atoms with Crippen molar-refractivity contribution in [3.8, 4) is 0 Å². The van der Waals surface area contributed by atoms with Crippen molar-refractivity contribution in [3.63, 3.8) is 0 Å². The number of allylic oxidation sites excluding steroid dienone is 2. The van der Waals surface area contributed by atoms with Gasteiger partial charge < -0.3 is 5.73 Å². The highest BCUT2D eigenvalue weighted by atomic mass is 14.6. The molecule has 0 amide bonds. The Morgan fingerprint density at radius 1 is 1.19 bits per heavy atom. The fourth-order valence-corrected chi connectivity index (χ4v) is 2.29. The summed E-state index contributed by atoms with van der Waals surface area (Å²) in [5.74, 6) is 0.573. The molecule has 1 aliphatic carbocycles. The molecule has 2 N–H and O–H groups in total. The predicted molar refractivity (Wildman–Crippen MR) is 71.4 cm³/mol. The van der Waals surface area contributed by atoms with Crippen LogP contribution in [0.1, 0.15) is 56.6 Å². The molecule has 1 heteroatoms. The van der Waals surface area contributed by atoms with E-state index in [1.54, 1.807) is 0 Å². The van der Waals surface area contributed by atoms with Crippen LogP contribution < -0.4 is 5.73 Å². The summed E-state index contributed by atoms with van der Waals surface area (Å²) in [4.78, 5) is 0. The van der Waals surface area contributed by atoms with Gasteiger partial charge in [0.05, 0.1) is 0 Å². The van der Waals surface area contributed by atoms with Crippen molar-refractivity contribution < 1.29 is 0 Å². The van der Waals surface area contributed by atoms with E-state index < -0.39 is 0 Å². The molecule has 1 aliphatic rings. The van der Waals surface area contributed by atoms with Gasteiger partial charge in [-0.25, -0.2) is 0 Å². The number of hydrogen-bond acceptors (Lipinski definition) is 1. The first kappa shape index (κ1) is 11.3. The fourth-order valence-electron chi connectivity index (χ4n) is 2.29. The van der Waals surface area contributed by atoms with Crippen LogP contribution in [0.15, 0.2) is 24.3 Å². The summed E-state index contributed by atoms with van der Waals surface area (Å²) in [5, 5.41) is 0. The summed E-state index contributed by atoms with van der Waals surface area (Å²) in [6.45, 7) is 4.45. The molecule has 1 aromatic carbocycles. The van der Waals surface area contributed by atoms with Gasteiger partial charge >= 0.3 is 0 Å². The van der Waals surface area contributed by atoms with E-state index in [2.05, 4.69) is 38.1 Å². The lowest BCUT2D eigenvalue weighted by Gasteiger charge is -2.17. The van der Waals surface area contributed by atoms with Gasteiger partial charge in [-0.1, -0.05) is 26.0 Å². The average molecular weight is 215 g/mol. The second-order valence-electron chi connectivity index (χ2n) is 4.98. The minimum Gasteiger partial charge on any atom is -0.398 e. The summed E-state index contributed by atoms with van der Waals surface area (Å²) in [6, 6.07) is 6.48. The van der Waals surface area contributed by atoms with Gasteiger partial charge in [0.2, 0.25) is 0 Å². The zero-order valence-electron chi connectivity index (χ0n) is 10.3. The van der Waals surface area contributed by atoms with Gasteiger partial charge in [-0.3, -0.25) is 0 Å². The Balaban J connectivity index is 2.38. The van der Waals surface area contributed by atoms with Gasteiger partial charge in [-0.05, 0) is 54.9 Å². The molecular weight excluding hydrogens is 194 g/mol. The lowest BCUT2D eigenvalue weighted by molar-refractivity contribution is 0.742. The molecule has 2 rings (SSSR count). The van der Waals surface area contributed by atoms with E-state index in [-0.39, 0.29) is 0 Å². The van der Waals surface area contributed by atoms with E-state index in [0.717, 1.165) is 5.69 Å². The number of nitrogen functional groups attached to an aromatic ring is 1. The second kappa shape index (κ2) is 4.73. The molecule has 1 nitrogen and oxygen atoms in total. The summed E-state index contributed by atoms with van der Waals surface area (Å²) < 4.78 is 0. The highest BCUT2D eigenvalue weighted by Gasteiger charge is 2.10. The Kier molecular flexibility index (Phi) is 3.33. The number of benzene rings is 1. The molecule has 16 heavy (non-hydrogen) atoms. The highest BCUT2D eigenvalue weighted by Crippen LogP contribution is 2.32. The third kappa shape index (κ3) is 2.29. The molecule has 0 fully saturated rings. The van der Waals surface area contributed by atoms with Gasteiger partial charge in [0, 0.05) is 11.3 Å². The van der Waals surface area contributed by atoms with Crippen LogP contribution in [-0.4, -0.2) is 0 Å². The van der Waals surface area contributed by atoms with Gasteiger partial charge in [0.15, 0.2) is 0 Å². The van der Waals surface area contributed by atoms with Crippen molar-refractivity contribution in [1.82, 2.24) is 0 Å². The molecule has 0 spiro atoms. The van der Waals surface area contributed by atoms with Crippen LogP contribution in [0.3, 0.4) is 0 Å². The summed E-state index contributed by atoms with van der Waals surface area (Å²) in [6.07, 6.45) is 7.39. The molecule has 86 valence electrons. The fraction of sp³-hybridized carbons (Fsp3) is 0.467. The zero-order valence-corrected chi connectivity index (χ0v) is 10.3. The zero-order chi connectivity index (χ0) is 11.5. The molecule has 1 aromatic rings. The van der Waals surface area contributed by atoms with E-state index in [1.807, 2.05) is 0 Å². The maximum Gasteiger partial charge on any atom is 0.0390 e. The lowest BCUT2D eigenvalue weighted by atomic mass is 9.90. The monoisotopic (exact) mass is 215 g/mol. The van der Waals surface area contributed by atoms with Crippen LogP contribution >= 0.6 is 0 Å². The van der Waals surface area contributed by atoms with Crippen molar-refractivity contribution >= 4 is 11.3 Å². The van der Waals surface area contributed by atoms with Crippen LogP contribution in [0.4, 0.5) is 5.69 Å². The maximum absolute atomic E-state index is 6.08. The molecule has 0 aliphatic heterocycles. The normalized spacial score (nSPS) is 16.3. The largest absolute Gasteiger partial charge is 0.398 e. The number of nitrogens with two attached hydrogens (primary N) is 1. The SMILES string of the molecule is CC(C)c1ccc(N)c(C2=CCCCC2)c1. The first-order valence-corrected chi connectivity index (χ1v) is 6.27. The maximum atomic E-state index is 6.08. The third-order valence-electron chi connectivity index (χ3n) is 3.38. The Morgan fingerprint density at radius 2 is 2.00 bits per heavy atom. The molecular formula is C15H21N. The standard InChI is InChI=1S/C15H21N/c1-11(2)13-8-9-15(16)14(10-13)12-6-4-3-5-7-12/h6,8-11H,3-5,7,16H2,1-2H3. The van der Waals surface area contributed by atoms with Gasteiger partial charge in [-0.15, -0.1) is 0 Å². The minimum absolute atomic E-state index is 0.573. The van der Waals surface area contributed by atoms with E-state index >= 15 is 0 Å². The van der Waals surface area contributed by atoms with E-state index in [1.165, 1.54) is 42.4 Å². The smallest absolute Gasteiger partial charge is 0.0390 e. The topological polar surface area (TPSA) is 26.0 Å². The van der Waals surface area contributed by atoms with Crippen molar-refractivity contribution in [2.75, 3.05) is 5.73 Å². The molecule has 0 radical (unpaired) electrons. The first-order valence-electron chi connectivity index (χ1n) is 6.27. The Hall–Kier alpha value is -1.24. The minimum atomic E-state index is 0.573. The first-order chi connectivity index (χ1) is 7.68. The summed E-state index contributed by atoms with van der Waals surface area (Å²) in [5.41, 5.74) is 11.1. The van der Waals surface area contributed by atoms with Crippen LogP contribution in [0.5, 0.6) is 0 Å². The molecule has 0 aromatic heterocycles. The van der Waals surface area contributed by atoms with Crippen molar-refractivity contribution in [3.05, 3.63) is 35.4 Å². The van der Waals surface area contributed by atoms with Crippen molar-refractivity contribution in [2.45, 2.75) is 45.4 Å². The third-order valence-corrected chi connectivity index (χ3v) is 3.38. The highest BCUT2D eigenvalue weighted by molar-refractivity contribution is 5.76. The number of hydrogen-bond donors (Lipinski definition) is 1. The van der Waals surface area contributed by atoms with Crippen LogP contribution in [0.25, 0.3) is 5.57 Å². The van der Waals surface area contributed by atoms with E-state index in [9.17, 15) is 0 Å². The van der Waals surface area contributed by atoms with Gasteiger partial charge in [0.1, 0.15) is 0 Å². The van der Waals surface area contributed by atoms with Crippen molar-refractivity contribution in [2.24, 2.45) is 0 Å². The number of rotatable bonds is 2. The molecule has 0 bridgehead atoms. The summed E-state index contributed by atoms with van der Waals surface area (Å²) >= 11 is 0. The van der Waals surface area contributed by atoms with E-state index in [4.69, 9.17) is 5.73 Å². The summed E-state index contributed by atoms with van der Waals surface area (Å²) in [7, 11) is 0. The van der Waals surface area contributed by atoms with E-state index in [0.29, 0.717) is 5.92 Å². The molecule has 0 saturated carbocycles. The van der Waals surface area contributed by atoms with Gasteiger partial charge in [0.25, 0.3) is 0 Å². The Bertz CT molecular complexity index is 402. The Morgan fingerprint density at radius 3 is 2.62 bits per heavy atom. The van der Waals surface area contributed by atoms with Gasteiger partial charge in [-0.2, -0.15) is 0 Å². The van der Waals surface area contributed by atoms with Crippen LogP contribution in [0, 0.1) is 0 Å². The average Bonchev–Trinajstić information content (AvgIpc) is 2.30. The Labute approximate surface area is 98.4 Å². The molecule has 0 saturated heterocycles. The molecule has 0 heterocycles. The quantitative estimate of drug-likeness (QED) is 0.729.